The summed E-state index contributed by atoms with van der Waals surface area (Å²) in [4.78, 5) is 12.2. The van der Waals surface area contributed by atoms with Gasteiger partial charge in [-0.25, -0.2) is 0 Å². The molecule has 2 aromatic carbocycles. The van der Waals surface area contributed by atoms with E-state index in [0.29, 0.717) is 11.6 Å². The third-order valence-electron chi connectivity index (χ3n) is 3.82. The van der Waals surface area contributed by atoms with E-state index in [4.69, 9.17) is 16.3 Å². The molecule has 1 atom stereocenters. The van der Waals surface area contributed by atoms with Gasteiger partial charge < -0.3 is 10.1 Å². The van der Waals surface area contributed by atoms with Crippen LogP contribution in [0.2, 0.25) is 5.02 Å². The lowest BCUT2D eigenvalue weighted by atomic mass is 10.1. The average Bonchev–Trinajstić information content (AvgIpc) is 2.51. The Labute approximate surface area is 142 Å². The van der Waals surface area contributed by atoms with Gasteiger partial charge in [0.25, 0.3) is 5.91 Å². The van der Waals surface area contributed by atoms with Crippen LogP contribution in [0.4, 0.5) is 0 Å². The summed E-state index contributed by atoms with van der Waals surface area (Å²) in [5.41, 5.74) is 4.34. The van der Waals surface area contributed by atoms with Crippen LogP contribution >= 0.6 is 11.6 Å². The van der Waals surface area contributed by atoms with Gasteiger partial charge >= 0.3 is 0 Å². The van der Waals surface area contributed by atoms with Gasteiger partial charge in [0.2, 0.25) is 0 Å². The summed E-state index contributed by atoms with van der Waals surface area (Å²) in [5, 5.41) is 3.56. The second kappa shape index (κ2) is 7.51. The van der Waals surface area contributed by atoms with Crippen LogP contribution in [0.15, 0.2) is 36.4 Å². The smallest absolute Gasteiger partial charge is 0.261 e. The molecule has 2 aromatic rings. The second-order valence-corrected chi connectivity index (χ2v) is 6.25. The fourth-order valence-corrected chi connectivity index (χ4v) is 2.43. The number of hydrogen-bond acceptors (Lipinski definition) is 2. The fourth-order valence-electron chi connectivity index (χ4n) is 2.30. The third-order valence-corrected chi connectivity index (χ3v) is 4.07. The van der Waals surface area contributed by atoms with Crippen LogP contribution in [0.5, 0.6) is 5.75 Å². The number of ether oxygens (including phenoxy) is 1. The zero-order valence-electron chi connectivity index (χ0n) is 13.9. The van der Waals surface area contributed by atoms with E-state index in [0.717, 1.165) is 28.0 Å². The van der Waals surface area contributed by atoms with Crippen LogP contribution < -0.4 is 10.1 Å². The topological polar surface area (TPSA) is 38.3 Å². The van der Waals surface area contributed by atoms with Gasteiger partial charge in [0, 0.05) is 11.6 Å². The van der Waals surface area contributed by atoms with Crippen molar-refractivity contribution in [2.75, 3.05) is 0 Å². The maximum Gasteiger partial charge on any atom is 0.261 e. The quantitative estimate of drug-likeness (QED) is 0.884. The number of benzene rings is 2. The first-order valence-corrected chi connectivity index (χ1v) is 8.01. The Morgan fingerprint density at radius 1 is 1.17 bits per heavy atom. The molecule has 1 amide bonds. The maximum atomic E-state index is 12.2. The molecule has 0 aliphatic carbocycles. The summed E-state index contributed by atoms with van der Waals surface area (Å²) in [7, 11) is 0. The lowest BCUT2D eigenvalue weighted by molar-refractivity contribution is -0.127. The highest BCUT2D eigenvalue weighted by atomic mass is 35.5. The predicted molar refractivity (Wildman–Crippen MR) is 94.0 cm³/mol. The number of rotatable bonds is 5. The molecule has 0 unspecified atom stereocenters. The normalized spacial score (nSPS) is 11.9. The predicted octanol–water partition coefficient (Wildman–Crippen LogP) is 4.35. The standard InChI is InChI=1S/C19H22ClNO2/c1-12-9-13(2)14(3)18(10-12)23-15(4)19(22)21-11-16-5-7-17(20)8-6-16/h5-10,15H,11H2,1-4H3,(H,21,22)/t15-/m0/s1. The van der Waals surface area contributed by atoms with E-state index in [1.165, 1.54) is 0 Å². The van der Waals surface area contributed by atoms with Crippen molar-refractivity contribution in [3.63, 3.8) is 0 Å². The lowest BCUT2D eigenvalue weighted by Crippen LogP contribution is -2.36. The van der Waals surface area contributed by atoms with E-state index in [9.17, 15) is 4.79 Å². The third kappa shape index (κ3) is 4.73. The van der Waals surface area contributed by atoms with Crippen molar-refractivity contribution < 1.29 is 9.53 Å². The number of amides is 1. The second-order valence-electron chi connectivity index (χ2n) is 5.81. The van der Waals surface area contributed by atoms with Gasteiger partial charge in [-0.05, 0) is 68.1 Å². The highest BCUT2D eigenvalue weighted by Gasteiger charge is 2.16. The van der Waals surface area contributed by atoms with Crippen molar-refractivity contribution >= 4 is 17.5 Å². The van der Waals surface area contributed by atoms with E-state index in [1.807, 2.05) is 51.1 Å². The first kappa shape index (κ1) is 17.4. The molecule has 0 bridgehead atoms. The van der Waals surface area contributed by atoms with Crippen LogP contribution in [-0.4, -0.2) is 12.0 Å². The summed E-state index contributed by atoms with van der Waals surface area (Å²) in [6, 6.07) is 11.5. The Kier molecular flexibility index (Phi) is 5.67. The van der Waals surface area contributed by atoms with Crippen LogP contribution in [0, 0.1) is 20.8 Å². The molecule has 122 valence electrons. The minimum Gasteiger partial charge on any atom is -0.481 e. The minimum atomic E-state index is -0.554. The molecule has 23 heavy (non-hydrogen) atoms. The van der Waals surface area contributed by atoms with Gasteiger partial charge in [-0.2, -0.15) is 0 Å². The average molecular weight is 332 g/mol. The Morgan fingerprint density at radius 2 is 1.83 bits per heavy atom. The van der Waals surface area contributed by atoms with E-state index in [1.54, 1.807) is 6.92 Å². The van der Waals surface area contributed by atoms with Crippen molar-refractivity contribution in [2.45, 2.75) is 40.3 Å². The number of nitrogens with one attached hydrogen (secondary N) is 1. The highest BCUT2D eigenvalue weighted by Crippen LogP contribution is 2.24. The summed E-state index contributed by atoms with van der Waals surface area (Å²) in [6.07, 6.45) is -0.554. The molecule has 3 nitrogen and oxygen atoms in total. The van der Waals surface area contributed by atoms with Crippen molar-refractivity contribution in [1.82, 2.24) is 5.32 Å². The molecule has 0 radical (unpaired) electrons. The number of carbonyl (C=O) groups excluding carboxylic acids is 1. The van der Waals surface area contributed by atoms with Gasteiger partial charge in [-0.1, -0.05) is 29.8 Å². The van der Waals surface area contributed by atoms with Gasteiger partial charge in [0.15, 0.2) is 6.10 Å². The fraction of sp³-hybridized carbons (Fsp3) is 0.316. The SMILES string of the molecule is Cc1cc(C)c(C)c(O[C@@H](C)C(=O)NCc2ccc(Cl)cc2)c1. The molecule has 0 saturated heterocycles. The van der Waals surface area contributed by atoms with Gasteiger partial charge in [-0.3, -0.25) is 4.79 Å². The first-order valence-electron chi connectivity index (χ1n) is 7.63. The largest absolute Gasteiger partial charge is 0.481 e. The van der Waals surface area contributed by atoms with Crippen molar-refractivity contribution in [3.8, 4) is 5.75 Å². The monoisotopic (exact) mass is 331 g/mol. The molecule has 0 heterocycles. The number of hydrogen-bond donors (Lipinski definition) is 1. The lowest BCUT2D eigenvalue weighted by Gasteiger charge is -2.18. The number of carbonyl (C=O) groups is 1. The maximum absolute atomic E-state index is 12.2. The first-order chi connectivity index (χ1) is 10.9. The molecule has 4 heteroatoms. The van der Waals surface area contributed by atoms with E-state index in [2.05, 4.69) is 11.4 Å². The molecule has 0 spiro atoms. The Morgan fingerprint density at radius 3 is 2.48 bits per heavy atom. The number of halogens is 1. The molecule has 0 saturated carbocycles. The van der Waals surface area contributed by atoms with Crippen LogP contribution in [0.3, 0.4) is 0 Å². The van der Waals surface area contributed by atoms with E-state index >= 15 is 0 Å². The summed E-state index contributed by atoms with van der Waals surface area (Å²) in [6.45, 7) is 8.28. The van der Waals surface area contributed by atoms with E-state index < -0.39 is 6.10 Å². The summed E-state index contributed by atoms with van der Waals surface area (Å²) < 4.78 is 5.84. The Bertz CT molecular complexity index is 695. The zero-order chi connectivity index (χ0) is 17.0. The molecule has 0 aromatic heterocycles. The van der Waals surface area contributed by atoms with Gasteiger partial charge in [0.05, 0.1) is 0 Å². The highest BCUT2D eigenvalue weighted by molar-refractivity contribution is 6.30. The summed E-state index contributed by atoms with van der Waals surface area (Å²) in [5.74, 6) is 0.621. The number of aryl methyl sites for hydroxylation is 2. The molecular weight excluding hydrogens is 310 g/mol. The van der Waals surface area contributed by atoms with Crippen LogP contribution in [0.25, 0.3) is 0 Å². The van der Waals surface area contributed by atoms with Gasteiger partial charge in [0.1, 0.15) is 5.75 Å². The minimum absolute atomic E-state index is 0.140. The Balaban J connectivity index is 1.96. The molecule has 0 fully saturated rings. The summed E-state index contributed by atoms with van der Waals surface area (Å²) >= 11 is 5.85. The van der Waals surface area contributed by atoms with Gasteiger partial charge in [-0.15, -0.1) is 0 Å². The van der Waals surface area contributed by atoms with E-state index in [-0.39, 0.29) is 5.91 Å². The molecule has 1 N–H and O–H groups in total. The van der Waals surface area contributed by atoms with Crippen molar-refractivity contribution in [2.24, 2.45) is 0 Å². The van der Waals surface area contributed by atoms with Crippen molar-refractivity contribution in [3.05, 3.63) is 63.7 Å². The Hall–Kier alpha value is -2.00. The molecule has 0 aliphatic rings. The molecule has 2 rings (SSSR count). The van der Waals surface area contributed by atoms with Crippen LogP contribution in [-0.2, 0) is 11.3 Å². The zero-order valence-corrected chi connectivity index (χ0v) is 14.7. The molecule has 0 aliphatic heterocycles. The van der Waals surface area contributed by atoms with Crippen LogP contribution in [0.1, 0.15) is 29.2 Å². The molecular formula is C19H22ClNO2. The van der Waals surface area contributed by atoms with Crippen molar-refractivity contribution in [1.29, 1.82) is 0 Å².